The highest BCUT2D eigenvalue weighted by Crippen LogP contribution is 2.34. The Kier molecular flexibility index (Phi) is 3.71. The Bertz CT molecular complexity index is 512. The summed E-state index contributed by atoms with van der Waals surface area (Å²) < 4.78 is 5.72. The minimum Gasteiger partial charge on any atom is -0.494 e. The highest BCUT2D eigenvalue weighted by molar-refractivity contribution is 7.07. The van der Waals surface area contributed by atoms with Gasteiger partial charge in [-0.15, -0.1) is 11.3 Å². The van der Waals surface area contributed by atoms with Crippen LogP contribution < -0.4 is 4.74 Å². The van der Waals surface area contributed by atoms with Crippen LogP contribution >= 0.6 is 11.3 Å². The van der Waals surface area contributed by atoms with Crippen LogP contribution in [0, 0.1) is 0 Å². The number of benzene rings is 1. The maximum atomic E-state index is 5.72. The standard InChI is InChI=1S/C15H19NOS/c1-5-17-14-7-6-11(13-9-18-10-16-13)8-12(14)15(2,3)4/h6-10H,5H2,1-4H3. The van der Waals surface area contributed by atoms with E-state index in [-0.39, 0.29) is 5.41 Å². The molecule has 3 heteroatoms. The molecule has 0 radical (unpaired) electrons. The van der Waals surface area contributed by atoms with Crippen molar-refractivity contribution in [2.24, 2.45) is 0 Å². The fourth-order valence-corrected chi connectivity index (χ4v) is 2.47. The molecule has 0 aliphatic heterocycles. The van der Waals surface area contributed by atoms with Gasteiger partial charge in [-0.3, -0.25) is 0 Å². The highest BCUT2D eigenvalue weighted by Gasteiger charge is 2.20. The summed E-state index contributed by atoms with van der Waals surface area (Å²) in [4.78, 5) is 4.36. The SMILES string of the molecule is CCOc1ccc(-c2cscn2)cc1C(C)(C)C. The van der Waals surface area contributed by atoms with Crippen LogP contribution in [0.3, 0.4) is 0 Å². The van der Waals surface area contributed by atoms with Gasteiger partial charge in [0.05, 0.1) is 17.8 Å². The molecule has 0 saturated heterocycles. The van der Waals surface area contributed by atoms with Gasteiger partial charge in [-0.1, -0.05) is 20.8 Å². The summed E-state index contributed by atoms with van der Waals surface area (Å²) in [5.41, 5.74) is 5.35. The molecule has 0 aliphatic carbocycles. The van der Waals surface area contributed by atoms with E-state index in [4.69, 9.17) is 4.74 Å². The number of nitrogens with zero attached hydrogens (tertiary/aromatic N) is 1. The van der Waals surface area contributed by atoms with Crippen molar-refractivity contribution >= 4 is 11.3 Å². The van der Waals surface area contributed by atoms with Gasteiger partial charge in [0.15, 0.2) is 0 Å². The molecule has 0 N–H and O–H groups in total. The number of ether oxygens (including phenoxy) is 1. The molecule has 18 heavy (non-hydrogen) atoms. The van der Waals surface area contributed by atoms with Crippen LogP contribution in [-0.2, 0) is 5.41 Å². The molecule has 0 spiro atoms. The highest BCUT2D eigenvalue weighted by atomic mass is 32.1. The maximum Gasteiger partial charge on any atom is 0.123 e. The summed E-state index contributed by atoms with van der Waals surface area (Å²) in [5.74, 6) is 0.976. The Morgan fingerprint density at radius 1 is 1.28 bits per heavy atom. The maximum absolute atomic E-state index is 5.72. The van der Waals surface area contributed by atoms with Crippen LogP contribution in [0.15, 0.2) is 29.1 Å². The van der Waals surface area contributed by atoms with Gasteiger partial charge in [-0.05, 0) is 30.5 Å². The lowest BCUT2D eigenvalue weighted by Crippen LogP contribution is -2.13. The zero-order valence-corrected chi connectivity index (χ0v) is 12.2. The molecule has 2 nitrogen and oxygen atoms in total. The monoisotopic (exact) mass is 261 g/mol. The molecule has 0 saturated carbocycles. The second-order valence-electron chi connectivity index (χ2n) is 5.27. The Morgan fingerprint density at radius 2 is 2.06 bits per heavy atom. The van der Waals surface area contributed by atoms with Crippen molar-refractivity contribution < 1.29 is 4.74 Å². The lowest BCUT2D eigenvalue weighted by atomic mass is 9.85. The molecule has 1 aromatic heterocycles. The van der Waals surface area contributed by atoms with Crippen LogP contribution in [0.1, 0.15) is 33.3 Å². The molecule has 0 bridgehead atoms. The first-order valence-corrected chi connectivity index (χ1v) is 7.12. The van der Waals surface area contributed by atoms with E-state index in [0.717, 1.165) is 17.0 Å². The third kappa shape index (κ3) is 2.72. The van der Waals surface area contributed by atoms with Crippen molar-refractivity contribution in [3.63, 3.8) is 0 Å². The average Bonchev–Trinajstić information content (AvgIpc) is 2.82. The normalized spacial score (nSPS) is 11.6. The van der Waals surface area contributed by atoms with Gasteiger partial charge < -0.3 is 4.74 Å². The molecule has 0 atom stereocenters. The summed E-state index contributed by atoms with van der Waals surface area (Å²) in [7, 11) is 0. The molecular weight excluding hydrogens is 242 g/mol. The fraction of sp³-hybridized carbons (Fsp3) is 0.400. The summed E-state index contributed by atoms with van der Waals surface area (Å²) in [5, 5.41) is 2.07. The minimum absolute atomic E-state index is 0.0660. The second-order valence-corrected chi connectivity index (χ2v) is 5.99. The van der Waals surface area contributed by atoms with Gasteiger partial charge in [0.1, 0.15) is 5.75 Å². The number of rotatable bonds is 3. The van der Waals surface area contributed by atoms with E-state index in [1.165, 1.54) is 5.56 Å². The quantitative estimate of drug-likeness (QED) is 0.811. The number of aromatic nitrogens is 1. The molecule has 1 aromatic carbocycles. The Hall–Kier alpha value is -1.35. The van der Waals surface area contributed by atoms with Crippen LogP contribution in [-0.4, -0.2) is 11.6 Å². The third-order valence-corrected chi connectivity index (χ3v) is 3.40. The Labute approximate surface area is 113 Å². The predicted molar refractivity (Wildman–Crippen MR) is 77.4 cm³/mol. The predicted octanol–water partition coefficient (Wildman–Crippen LogP) is 4.51. The van der Waals surface area contributed by atoms with Gasteiger partial charge in [0.2, 0.25) is 0 Å². The van der Waals surface area contributed by atoms with Crippen molar-refractivity contribution in [2.45, 2.75) is 33.1 Å². The molecule has 2 aromatic rings. The molecule has 0 unspecified atom stereocenters. The summed E-state index contributed by atoms with van der Waals surface area (Å²) in [6, 6.07) is 6.33. The minimum atomic E-state index is 0.0660. The van der Waals surface area contributed by atoms with E-state index in [0.29, 0.717) is 6.61 Å². The van der Waals surface area contributed by atoms with Gasteiger partial charge in [0, 0.05) is 16.5 Å². The van der Waals surface area contributed by atoms with Crippen LogP contribution in [0.2, 0.25) is 0 Å². The van der Waals surface area contributed by atoms with E-state index in [9.17, 15) is 0 Å². The van der Waals surface area contributed by atoms with Gasteiger partial charge in [-0.25, -0.2) is 4.98 Å². The molecule has 1 heterocycles. The van der Waals surface area contributed by atoms with E-state index in [1.54, 1.807) is 11.3 Å². The molecule has 0 aliphatic rings. The lowest BCUT2D eigenvalue weighted by Gasteiger charge is -2.23. The summed E-state index contributed by atoms with van der Waals surface area (Å²) in [6.07, 6.45) is 0. The summed E-state index contributed by atoms with van der Waals surface area (Å²) in [6.45, 7) is 9.32. The fourth-order valence-electron chi connectivity index (χ4n) is 1.91. The number of hydrogen-bond acceptors (Lipinski definition) is 3. The van der Waals surface area contributed by atoms with Gasteiger partial charge >= 0.3 is 0 Å². The van der Waals surface area contributed by atoms with Gasteiger partial charge in [0.25, 0.3) is 0 Å². The van der Waals surface area contributed by atoms with Gasteiger partial charge in [-0.2, -0.15) is 0 Å². The second kappa shape index (κ2) is 5.11. The van der Waals surface area contributed by atoms with Crippen LogP contribution in [0.5, 0.6) is 5.75 Å². The molecule has 0 amide bonds. The first-order valence-electron chi connectivity index (χ1n) is 6.18. The lowest BCUT2D eigenvalue weighted by molar-refractivity contribution is 0.330. The third-order valence-electron chi connectivity index (χ3n) is 2.82. The van der Waals surface area contributed by atoms with E-state index in [1.807, 2.05) is 12.4 Å². The van der Waals surface area contributed by atoms with Crippen molar-refractivity contribution in [3.8, 4) is 17.0 Å². The van der Waals surface area contributed by atoms with Crippen LogP contribution in [0.25, 0.3) is 11.3 Å². The molecule has 96 valence electrons. The first kappa shape index (κ1) is 13.1. The van der Waals surface area contributed by atoms with Crippen molar-refractivity contribution in [1.82, 2.24) is 4.98 Å². The van der Waals surface area contributed by atoms with Crippen LogP contribution in [0.4, 0.5) is 0 Å². The molecule has 0 fully saturated rings. The Morgan fingerprint density at radius 3 is 2.61 bits per heavy atom. The van der Waals surface area contributed by atoms with Crippen molar-refractivity contribution in [3.05, 3.63) is 34.7 Å². The first-order chi connectivity index (χ1) is 8.52. The summed E-state index contributed by atoms with van der Waals surface area (Å²) >= 11 is 1.62. The van der Waals surface area contributed by atoms with Crippen molar-refractivity contribution in [2.75, 3.05) is 6.61 Å². The topological polar surface area (TPSA) is 22.1 Å². The Balaban J connectivity index is 2.49. The van der Waals surface area contributed by atoms with Crippen molar-refractivity contribution in [1.29, 1.82) is 0 Å². The largest absolute Gasteiger partial charge is 0.494 e. The average molecular weight is 261 g/mol. The number of hydrogen-bond donors (Lipinski definition) is 0. The number of thiazole rings is 1. The zero-order chi connectivity index (χ0) is 13.2. The molecular formula is C15H19NOS. The smallest absolute Gasteiger partial charge is 0.123 e. The van der Waals surface area contributed by atoms with E-state index < -0.39 is 0 Å². The van der Waals surface area contributed by atoms with E-state index >= 15 is 0 Å². The van der Waals surface area contributed by atoms with E-state index in [2.05, 4.69) is 49.3 Å². The zero-order valence-electron chi connectivity index (χ0n) is 11.4. The molecule has 2 rings (SSSR count).